The number of thiazole rings is 1. The molecular formula is C16H10F6N4O2S3. The molecule has 0 bridgehead atoms. The number of alkyl halides is 6. The van der Waals surface area contributed by atoms with Crippen molar-refractivity contribution in [3.05, 3.63) is 23.0 Å². The van der Waals surface area contributed by atoms with E-state index in [4.69, 9.17) is 0 Å². The largest absolute Gasteiger partial charge is 0.443 e. The van der Waals surface area contributed by atoms with Crippen LogP contribution < -0.4 is 0 Å². The maximum absolute atomic E-state index is 13.1. The second-order valence-electron chi connectivity index (χ2n) is 6.37. The second kappa shape index (κ2) is 6.87. The zero-order chi connectivity index (χ0) is 22.9. The first-order chi connectivity index (χ1) is 14.2. The molecule has 0 fully saturated rings. The summed E-state index contributed by atoms with van der Waals surface area (Å²) in [7, 11) is -2.56. The van der Waals surface area contributed by atoms with Crippen LogP contribution >= 0.6 is 22.7 Å². The van der Waals surface area contributed by atoms with Crippen molar-refractivity contribution in [2.24, 2.45) is 7.05 Å². The summed E-state index contributed by atoms with van der Waals surface area (Å²) in [6, 6.07) is 0.725. The summed E-state index contributed by atoms with van der Waals surface area (Å²) in [6.45, 7) is 1.34. The fourth-order valence-corrected chi connectivity index (χ4v) is 7.16. The van der Waals surface area contributed by atoms with Gasteiger partial charge in [-0.15, -0.1) is 22.7 Å². The van der Waals surface area contributed by atoms with Gasteiger partial charge in [0.2, 0.25) is 0 Å². The minimum Gasteiger partial charge on any atom is -0.325 e. The minimum atomic E-state index is -4.74. The lowest BCUT2D eigenvalue weighted by molar-refractivity contribution is -0.141. The molecule has 0 aromatic carbocycles. The number of aryl methyl sites for hydroxylation is 1. The van der Waals surface area contributed by atoms with E-state index in [9.17, 15) is 34.8 Å². The van der Waals surface area contributed by atoms with Crippen LogP contribution in [0, 0.1) is 0 Å². The number of sulfone groups is 1. The smallest absolute Gasteiger partial charge is 0.325 e. The molecule has 4 aromatic rings. The van der Waals surface area contributed by atoms with Gasteiger partial charge < -0.3 is 4.57 Å². The first kappa shape index (κ1) is 22.0. The Labute approximate surface area is 178 Å². The molecule has 6 nitrogen and oxygen atoms in total. The van der Waals surface area contributed by atoms with Gasteiger partial charge in [-0.3, -0.25) is 0 Å². The molecule has 0 N–H and O–H groups in total. The molecule has 4 aromatic heterocycles. The van der Waals surface area contributed by atoms with E-state index in [1.165, 1.54) is 18.5 Å². The molecule has 0 unspecified atom stereocenters. The summed E-state index contributed by atoms with van der Waals surface area (Å²) in [5.74, 6) is -0.402. The molecule has 15 heteroatoms. The maximum Gasteiger partial charge on any atom is 0.443 e. The fraction of sp³-hybridized carbons (Fsp3) is 0.312. The number of hydrogen-bond acceptors (Lipinski definition) is 7. The summed E-state index contributed by atoms with van der Waals surface area (Å²) >= 11 is 0.894. The van der Waals surface area contributed by atoms with Crippen molar-refractivity contribution >= 4 is 53.1 Å². The van der Waals surface area contributed by atoms with Gasteiger partial charge in [-0.05, 0) is 6.07 Å². The molecule has 0 spiro atoms. The van der Waals surface area contributed by atoms with E-state index in [0.29, 0.717) is 11.3 Å². The molecule has 0 aliphatic heterocycles. The highest BCUT2D eigenvalue weighted by Crippen LogP contribution is 2.47. The highest BCUT2D eigenvalue weighted by molar-refractivity contribution is 7.92. The van der Waals surface area contributed by atoms with Crippen LogP contribution in [0.25, 0.3) is 31.3 Å². The predicted molar refractivity (Wildman–Crippen MR) is 103 cm³/mol. The normalized spacial score (nSPS) is 13.5. The highest BCUT2D eigenvalue weighted by atomic mass is 32.2. The van der Waals surface area contributed by atoms with Gasteiger partial charge in [0.15, 0.2) is 20.7 Å². The third-order valence-electron chi connectivity index (χ3n) is 4.40. The van der Waals surface area contributed by atoms with Gasteiger partial charge in [-0.1, -0.05) is 6.92 Å². The summed E-state index contributed by atoms with van der Waals surface area (Å²) in [4.78, 5) is 10.5. The number of thiophene rings is 1. The Balaban J connectivity index is 2.01. The van der Waals surface area contributed by atoms with Crippen molar-refractivity contribution in [2.45, 2.75) is 24.2 Å². The van der Waals surface area contributed by atoms with Gasteiger partial charge in [-0.25, -0.2) is 23.4 Å². The van der Waals surface area contributed by atoms with Crippen LogP contribution in [0.15, 0.2) is 17.2 Å². The number of imidazole rings is 1. The lowest BCUT2D eigenvalue weighted by Crippen LogP contribution is -2.07. The third kappa shape index (κ3) is 3.57. The topological polar surface area (TPSA) is 77.7 Å². The zero-order valence-electron chi connectivity index (χ0n) is 15.5. The van der Waals surface area contributed by atoms with Crippen LogP contribution in [0.4, 0.5) is 26.3 Å². The summed E-state index contributed by atoms with van der Waals surface area (Å²) in [6.07, 6.45) is -8.49. The van der Waals surface area contributed by atoms with E-state index in [2.05, 4.69) is 15.0 Å². The molecular weight excluding hydrogens is 490 g/mol. The van der Waals surface area contributed by atoms with Crippen molar-refractivity contribution in [2.75, 3.05) is 5.75 Å². The molecule has 0 saturated heterocycles. The van der Waals surface area contributed by atoms with E-state index in [-0.39, 0.29) is 47.5 Å². The number of pyridine rings is 1. The molecule has 0 aliphatic carbocycles. The van der Waals surface area contributed by atoms with Crippen molar-refractivity contribution < 1.29 is 34.8 Å². The van der Waals surface area contributed by atoms with E-state index in [1.807, 2.05) is 0 Å². The van der Waals surface area contributed by atoms with Crippen LogP contribution in [-0.2, 0) is 29.2 Å². The number of fused-ring (bicyclic) bond motifs is 2. The Bertz CT molecular complexity index is 1430. The first-order valence-corrected chi connectivity index (χ1v) is 11.7. The number of aromatic nitrogens is 4. The predicted octanol–water partition coefficient (Wildman–Crippen LogP) is 5.14. The Kier molecular flexibility index (Phi) is 4.86. The van der Waals surface area contributed by atoms with Crippen molar-refractivity contribution in [3.63, 3.8) is 0 Å². The number of hydrogen-bond donors (Lipinski definition) is 0. The molecule has 0 saturated carbocycles. The molecule has 0 aliphatic rings. The van der Waals surface area contributed by atoms with E-state index in [0.717, 1.165) is 12.3 Å². The summed E-state index contributed by atoms with van der Waals surface area (Å²) in [5.41, 5.74) is -1.06. The average Bonchev–Trinajstić information content (AvgIpc) is 3.30. The van der Waals surface area contributed by atoms with E-state index >= 15 is 0 Å². The standard InChI is InChI=1S/C16H10F6N4O2S3/c1-3-31(27,28)11-9(29-13-10(11)30-14(25-13)16(20,21)22)12-24-6-4-8(15(17,18)19)23-5-7(6)26(12)2/h4-5H,3H2,1-2H3. The van der Waals surface area contributed by atoms with E-state index in [1.54, 1.807) is 0 Å². The average molecular weight is 500 g/mol. The Morgan fingerprint density at radius 3 is 2.32 bits per heavy atom. The second-order valence-corrected chi connectivity index (χ2v) is 10.6. The zero-order valence-corrected chi connectivity index (χ0v) is 17.9. The number of nitrogens with zero attached hydrogens (tertiary/aromatic N) is 4. The monoisotopic (exact) mass is 500 g/mol. The molecule has 0 atom stereocenters. The molecule has 31 heavy (non-hydrogen) atoms. The number of halogens is 6. The quantitative estimate of drug-likeness (QED) is 0.364. The first-order valence-electron chi connectivity index (χ1n) is 8.37. The molecule has 0 amide bonds. The SMILES string of the molecule is CCS(=O)(=O)c1c(-c2nc3cc(C(F)(F)F)ncc3n2C)sc2nc(C(F)(F)F)sc12. The fourth-order valence-electron chi connectivity index (χ4n) is 2.91. The van der Waals surface area contributed by atoms with Gasteiger partial charge in [0.25, 0.3) is 0 Å². The van der Waals surface area contributed by atoms with Crippen molar-refractivity contribution in [1.82, 2.24) is 19.5 Å². The van der Waals surface area contributed by atoms with Crippen LogP contribution in [0.5, 0.6) is 0 Å². The lowest BCUT2D eigenvalue weighted by Gasteiger charge is -2.06. The van der Waals surface area contributed by atoms with Gasteiger partial charge in [-0.2, -0.15) is 26.3 Å². The summed E-state index contributed by atoms with van der Waals surface area (Å²) in [5, 5.41) is -1.18. The van der Waals surface area contributed by atoms with Crippen LogP contribution in [0.2, 0.25) is 0 Å². The molecule has 4 heterocycles. The molecule has 4 rings (SSSR count). The van der Waals surface area contributed by atoms with Gasteiger partial charge in [0, 0.05) is 7.05 Å². The van der Waals surface area contributed by atoms with Crippen molar-refractivity contribution in [3.8, 4) is 10.7 Å². The van der Waals surface area contributed by atoms with Crippen LogP contribution in [0.1, 0.15) is 17.6 Å². The molecule has 0 radical (unpaired) electrons. The maximum atomic E-state index is 13.1. The highest BCUT2D eigenvalue weighted by Gasteiger charge is 2.38. The number of rotatable bonds is 3. The van der Waals surface area contributed by atoms with Gasteiger partial charge in [0.05, 0.1) is 32.6 Å². The summed E-state index contributed by atoms with van der Waals surface area (Å²) < 4.78 is 105. The van der Waals surface area contributed by atoms with Crippen molar-refractivity contribution in [1.29, 1.82) is 0 Å². The van der Waals surface area contributed by atoms with Gasteiger partial charge in [0.1, 0.15) is 15.4 Å². The lowest BCUT2D eigenvalue weighted by atomic mass is 10.3. The Morgan fingerprint density at radius 1 is 1.06 bits per heavy atom. The van der Waals surface area contributed by atoms with E-state index < -0.39 is 38.6 Å². The Morgan fingerprint density at radius 2 is 1.74 bits per heavy atom. The Hall–Kier alpha value is -2.26. The van der Waals surface area contributed by atoms with Crippen LogP contribution in [-0.4, -0.2) is 33.7 Å². The minimum absolute atomic E-state index is 0.00749. The van der Waals surface area contributed by atoms with Crippen LogP contribution in [0.3, 0.4) is 0 Å². The third-order valence-corrected chi connectivity index (χ3v) is 8.78. The van der Waals surface area contributed by atoms with Gasteiger partial charge >= 0.3 is 12.4 Å². The molecule has 166 valence electrons.